The largest absolute Gasteiger partial charge is 0.373 e. The number of morpholine rings is 1. The first-order valence-corrected chi connectivity index (χ1v) is 6.25. The van der Waals surface area contributed by atoms with Gasteiger partial charge in [-0.1, -0.05) is 0 Å². The lowest BCUT2D eigenvalue weighted by Crippen LogP contribution is -2.51. The Bertz CT molecular complexity index is 427. The van der Waals surface area contributed by atoms with Gasteiger partial charge in [0, 0.05) is 6.54 Å². The van der Waals surface area contributed by atoms with E-state index in [-0.39, 0.29) is 23.7 Å². The molecule has 0 aromatic carbocycles. The topological polar surface area (TPSA) is 42.4 Å². The molecule has 0 aliphatic carbocycles. The van der Waals surface area contributed by atoms with Gasteiger partial charge in [0.2, 0.25) is 0 Å². The number of nitrogens with zero attached hydrogens (tertiary/aromatic N) is 2. The van der Waals surface area contributed by atoms with Gasteiger partial charge in [0.1, 0.15) is 11.5 Å². The SMILES string of the molecule is CC1COC(CCl)CN1C(=O)c1ccc(F)cn1. The summed E-state index contributed by atoms with van der Waals surface area (Å²) in [5.41, 5.74) is 0.235. The average Bonchev–Trinajstić information content (AvgIpc) is 2.39. The Labute approximate surface area is 110 Å². The minimum atomic E-state index is -0.458. The molecule has 98 valence electrons. The molecule has 4 nitrogen and oxygen atoms in total. The quantitative estimate of drug-likeness (QED) is 0.770. The minimum absolute atomic E-state index is 0.0381. The van der Waals surface area contributed by atoms with Crippen LogP contribution in [-0.2, 0) is 4.74 Å². The highest BCUT2D eigenvalue weighted by molar-refractivity contribution is 6.18. The fourth-order valence-corrected chi connectivity index (χ4v) is 2.03. The summed E-state index contributed by atoms with van der Waals surface area (Å²) in [6, 6.07) is 2.57. The molecule has 1 amide bonds. The van der Waals surface area contributed by atoms with E-state index < -0.39 is 5.82 Å². The zero-order chi connectivity index (χ0) is 13.1. The number of hydrogen-bond donors (Lipinski definition) is 0. The molecule has 1 aromatic heterocycles. The van der Waals surface area contributed by atoms with Gasteiger partial charge in [-0.15, -0.1) is 11.6 Å². The molecule has 0 N–H and O–H groups in total. The molecule has 2 rings (SSSR count). The smallest absolute Gasteiger partial charge is 0.272 e. The number of amides is 1. The maximum absolute atomic E-state index is 12.8. The second-order valence-electron chi connectivity index (χ2n) is 4.28. The maximum Gasteiger partial charge on any atom is 0.272 e. The molecule has 18 heavy (non-hydrogen) atoms. The van der Waals surface area contributed by atoms with Gasteiger partial charge in [-0.25, -0.2) is 9.37 Å². The van der Waals surface area contributed by atoms with E-state index in [4.69, 9.17) is 16.3 Å². The van der Waals surface area contributed by atoms with Crippen molar-refractivity contribution in [1.82, 2.24) is 9.88 Å². The third-order valence-corrected chi connectivity index (χ3v) is 3.23. The maximum atomic E-state index is 12.8. The molecule has 2 unspecified atom stereocenters. The summed E-state index contributed by atoms with van der Waals surface area (Å²) in [6.45, 7) is 2.78. The zero-order valence-electron chi connectivity index (χ0n) is 9.97. The summed E-state index contributed by atoms with van der Waals surface area (Å²) in [5, 5.41) is 0. The van der Waals surface area contributed by atoms with Crippen LogP contribution in [-0.4, -0.2) is 47.0 Å². The third-order valence-electron chi connectivity index (χ3n) is 2.88. The number of halogens is 2. The second-order valence-corrected chi connectivity index (χ2v) is 4.59. The predicted octanol–water partition coefficient (Wildman–Crippen LogP) is 1.69. The van der Waals surface area contributed by atoms with Crippen molar-refractivity contribution in [2.24, 2.45) is 0 Å². The fraction of sp³-hybridized carbons (Fsp3) is 0.500. The van der Waals surface area contributed by atoms with Crippen LogP contribution in [0.5, 0.6) is 0 Å². The van der Waals surface area contributed by atoms with E-state index in [1.54, 1.807) is 4.90 Å². The third kappa shape index (κ3) is 2.79. The Hall–Kier alpha value is -1.20. The van der Waals surface area contributed by atoms with Crippen molar-refractivity contribution in [2.45, 2.75) is 19.1 Å². The van der Waals surface area contributed by atoms with E-state index in [9.17, 15) is 9.18 Å². The molecular formula is C12H14ClFN2O2. The van der Waals surface area contributed by atoms with Crippen LogP contribution in [0.4, 0.5) is 4.39 Å². The number of carbonyl (C=O) groups is 1. The summed E-state index contributed by atoms with van der Waals surface area (Å²) in [5.74, 6) is -0.339. The predicted molar refractivity (Wildman–Crippen MR) is 65.2 cm³/mol. The number of carbonyl (C=O) groups excluding carboxylic acids is 1. The van der Waals surface area contributed by atoms with Crippen molar-refractivity contribution in [2.75, 3.05) is 19.0 Å². The van der Waals surface area contributed by atoms with Gasteiger partial charge in [0.25, 0.3) is 5.91 Å². The number of rotatable bonds is 2. The molecule has 0 bridgehead atoms. The molecule has 0 radical (unpaired) electrons. The van der Waals surface area contributed by atoms with E-state index in [1.807, 2.05) is 6.92 Å². The molecular weight excluding hydrogens is 259 g/mol. The second kappa shape index (κ2) is 5.63. The highest BCUT2D eigenvalue weighted by Gasteiger charge is 2.30. The van der Waals surface area contributed by atoms with Crippen molar-refractivity contribution < 1.29 is 13.9 Å². The van der Waals surface area contributed by atoms with Gasteiger partial charge < -0.3 is 9.64 Å². The summed E-state index contributed by atoms with van der Waals surface area (Å²) < 4.78 is 18.2. The number of ether oxygens (including phenoxy) is 1. The van der Waals surface area contributed by atoms with Crippen LogP contribution < -0.4 is 0 Å². The van der Waals surface area contributed by atoms with E-state index in [0.29, 0.717) is 19.0 Å². The Morgan fingerprint density at radius 2 is 2.44 bits per heavy atom. The molecule has 2 heterocycles. The van der Waals surface area contributed by atoms with Gasteiger partial charge >= 0.3 is 0 Å². The van der Waals surface area contributed by atoms with E-state index in [1.165, 1.54) is 12.1 Å². The van der Waals surface area contributed by atoms with E-state index >= 15 is 0 Å². The lowest BCUT2D eigenvalue weighted by molar-refractivity contribution is -0.0373. The van der Waals surface area contributed by atoms with Crippen LogP contribution in [0.1, 0.15) is 17.4 Å². The molecule has 1 aromatic rings. The Kier molecular flexibility index (Phi) is 4.14. The van der Waals surface area contributed by atoms with E-state index in [0.717, 1.165) is 6.20 Å². The van der Waals surface area contributed by atoms with Crippen molar-refractivity contribution in [1.29, 1.82) is 0 Å². The average molecular weight is 273 g/mol. The fourth-order valence-electron chi connectivity index (χ4n) is 1.84. The first-order valence-electron chi connectivity index (χ1n) is 5.72. The molecule has 2 atom stereocenters. The Morgan fingerprint density at radius 3 is 3.06 bits per heavy atom. The first-order chi connectivity index (χ1) is 8.61. The van der Waals surface area contributed by atoms with Crippen LogP contribution in [0.15, 0.2) is 18.3 Å². The molecule has 1 saturated heterocycles. The van der Waals surface area contributed by atoms with Gasteiger partial charge in [-0.2, -0.15) is 0 Å². The number of alkyl halides is 1. The number of aromatic nitrogens is 1. The Balaban J connectivity index is 2.13. The van der Waals surface area contributed by atoms with Crippen LogP contribution >= 0.6 is 11.6 Å². The summed E-state index contributed by atoms with van der Waals surface area (Å²) in [4.78, 5) is 17.7. The monoisotopic (exact) mass is 272 g/mol. The van der Waals surface area contributed by atoms with Gasteiger partial charge in [0.15, 0.2) is 0 Å². The summed E-state index contributed by atoms with van der Waals surface area (Å²) in [6.07, 6.45) is 0.879. The lowest BCUT2D eigenvalue weighted by atomic mass is 10.2. The molecule has 1 aliphatic rings. The van der Waals surface area contributed by atoms with Gasteiger partial charge in [-0.05, 0) is 19.1 Å². The van der Waals surface area contributed by atoms with Crippen molar-refractivity contribution in [3.05, 3.63) is 29.8 Å². The van der Waals surface area contributed by atoms with Crippen molar-refractivity contribution in [3.63, 3.8) is 0 Å². The van der Waals surface area contributed by atoms with Crippen LogP contribution in [0, 0.1) is 5.82 Å². The van der Waals surface area contributed by atoms with Crippen LogP contribution in [0.25, 0.3) is 0 Å². The van der Waals surface area contributed by atoms with Crippen LogP contribution in [0.2, 0.25) is 0 Å². The highest BCUT2D eigenvalue weighted by atomic mass is 35.5. The molecule has 1 fully saturated rings. The van der Waals surface area contributed by atoms with Gasteiger partial charge in [0.05, 0.1) is 30.8 Å². The summed E-state index contributed by atoms with van der Waals surface area (Å²) in [7, 11) is 0. The summed E-state index contributed by atoms with van der Waals surface area (Å²) >= 11 is 5.74. The molecule has 0 spiro atoms. The van der Waals surface area contributed by atoms with E-state index in [2.05, 4.69) is 4.98 Å². The van der Waals surface area contributed by atoms with Crippen molar-refractivity contribution in [3.8, 4) is 0 Å². The highest BCUT2D eigenvalue weighted by Crippen LogP contribution is 2.15. The molecule has 1 aliphatic heterocycles. The lowest BCUT2D eigenvalue weighted by Gasteiger charge is -2.37. The zero-order valence-corrected chi connectivity index (χ0v) is 10.7. The standard InChI is InChI=1S/C12H14ClFN2O2/c1-8-7-18-10(4-13)6-16(8)12(17)11-3-2-9(14)5-15-11/h2-3,5,8,10H,4,6-7H2,1H3. The normalized spacial score (nSPS) is 24.1. The minimum Gasteiger partial charge on any atom is -0.373 e. The number of pyridine rings is 1. The van der Waals surface area contributed by atoms with Crippen LogP contribution in [0.3, 0.4) is 0 Å². The molecule has 0 saturated carbocycles. The Morgan fingerprint density at radius 1 is 1.67 bits per heavy atom. The van der Waals surface area contributed by atoms with Crippen molar-refractivity contribution >= 4 is 17.5 Å². The number of hydrogen-bond acceptors (Lipinski definition) is 3. The molecule has 6 heteroatoms. The first kappa shape index (κ1) is 13.2. The van der Waals surface area contributed by atoms with Gasteiger partial charge in [-0.3, -0.25) is 4.79 Å².